The largest absolute Gasteiger partial charge is 0.468 e. The van der Waals surface area contributed by atoms with E-state index in [4.69, 9.17) is 4.74 Å². The molecule has 2 rings (SSSR count). The number of carbonyl (C=O) groups excluding carboxylic acids is 1. The Balaban J connectivity index is 2.13. The van der Waals surface area contributed by atoms with E-state index in [2.05, 4.69) is 24.1 Å². The third kappa shape index (κ3) is 3.11. The van der Waals surface area contributed by atoms with Gasteiger partial charge in [0.1, 0.15) is 5.54 Å². The van der Waals surface area contributed by atoms with Crippen molar-refractivity contribution >= 4 is 5.97 Å². The van der Waals surface area contributed by atoms with E-state index < -0.39 is 5.54 Å². The Kier molecular flexibility index (Phi) is 4.85. The molecule has 1 saturated heterocycles. The fourth-order valence-electron chi connectivity index (χ4n) is 3.42. The van der Waals surface area contributed by atoms with E-state index in [9.17, 15) is 4.79 Å². The zero-order chi connectivity index (χ0) is 13.9. The predicted octanol–water partition coefficient (Wildman–Crippen LogP) is 1.79. The van der Waals surface area contributed by atoms with E-state index in [1.165, 1.54) is 26.4 Å². The Morgan fingerprint density at radius 3 is 2.63 bits per heavy atom. The second-order valence-electron chi connectivity index (χ2n) is 6.08. The summed E-state index contributed by atoms with van der Waals surface area (Å²) in [5.41, 5.74) is -0.477. The SMILES string of the molecule is CCNC(CN1CCCCC1C)(C(=O)OC)C1CC1. The van der Waals surface area contributed by atoms with Gasteiger partial charge in [-0.3, -0.25) is 4.90 Å². The van der Waals surface area contributed by atoms with Crippen molar-refractivity contribution in [3.63, 3.8) is 0 Å². The molecule has 0 spiro atoms. The molecule has 2 atom stereocenters. The molecule has 19 heavy (non-hydrogen) atoms. The number of ether oxygens (including phenoxy) is 1. The van der Waals surface area contributed by atoms with Gasteiger partial charge in [0.25, 0.3) is 0 Å². The zero-order valence-electron chi connectivity index (χ0n) is 12.6. The first-order valence-corrected chi connectivity index (χ1v) is 7.71. The number of carbonyl (C=O) groups is 1. The first-order valence-electron chi connectivity index (χ1n) is 7.71. The van der Waals surface area contributed by atoms with Crippen LogP contribution in [0.4, 0.5) is 0 Å². The zero-order valence-corrected chi connectivity index (χ0v) is 12.6. The maximum absolute atomic E-state index is 12.4. The molecule has 0 aromatic heterocycles. The predicted molar refractivity (Wildman–Crippen MR) is 76.0 cm³/mol. The van der Waals surface area contributed by atoms with Gasteiger partial charge in [-0.1, -0.05) is 13.3 Å². The first kappa shape index (κ1) is 14.8. The standard InChI is InChI=1S/C15H28N2O2/c1-4-16-15(13-8-9-13,14(18)19-3)11-17-10-6-5-7-12(17)2/h12-13,16H,4-11H2,1-3H3. The highest BCUT2D eigenvalue weighted by molar-refractivity contribution is 5.82. The number of likely N-dealkylation sites (N-methyl/N-ethyl adjacent to an activating group) is 1. The molecule has 1 aliphatic heterocycles. The van der Waals surface area contributed by atoms with E-state index >= 15 is 0 Å². The summed E-state index contributed by atoms with van der Waals surface area (Å²) < 4.78 is 5.12. The molecule has 1 N–H and O–H groups in total. The molecule has 0 aromatic rings. The minimum atomic E-state index is -0.477. The molecule has 0 amide bonds. The summed E-state index contributed by atoms with van der Waals surface area (Å²) in [5, 5.41) is 3.46. The number of methoxy groups -OCH3 is 1. The van der Waals surface area contributed by atoms with E-state index in [0.717, 1.165) is 32.5 Å². The Morgan fingerprint density at radius 2 is 2.11 bits per heavy atom. The smallest absolute Gasteiger partial charge is 0.327 e. The Morgan fingerprint density at radius 1 is 1.37 bits per heavy atom. The highest BCUT2D eigenvalue weighted by Crippen LogP contribution is 2.41. The monoisotopic (exact) mass is 268 g/mol. The normalized spacial score (nSPS) is 27.8. The second-order valence-corrected chi connectivity index (χ2v) is 6.08. The van der Waals surface area contributed by atoms with Crippen LogP contribution in [0.2, 0.25) is 0 Å². The van der Waals surface area contributed by atoms with Gasteiger partial charge in [0, 0.05) is 12.6 Å². The van der Waals surface area contributed by atoms with Gasteiger partial charge in [-0.25, -0.2) is 4.79 Å². The van der Waals surface area contributed by atoms with Gasteiger partial charge >= 0.3 is 5.97 Å². The van der Waals surface area contributed by atoms with E-state index in [-0.39, 0.29) is 5.97 Å². The summed E-state index contributed by atoms with van der Waals surface area (Å²) in [7, 11) is 1.51. The van der Waals surface area contributed by atoms with E-state index in [0.29, 0.717) is 12.0 Å². The summed E-state index contributed by atoms with van der Waals surface area (Å²) in [4.78, 5) is 14.8. The van der Waals surface area contributed by atoms with Crippen molar-refractivity contribution < 1.29 is 9.53 Å². The second kappa shape index (κ2) is 6.23. The number of nitrogens with one attached hydrogen (secondary N) is 1. The maximum Gasteiger partial charge on any atom is 0.327 e. The molecule has 0 aromatic carbocycles. The number of likely N-dealkylation sites (tertiary alicyclic amines) is 1. The first-order chi connectivity index (χ1) is 9.14. The number of rotatable bonds is 6. The molecule has 1 saturated carbocycles. The lowest BCUT2D eigenvalue weighted by atomic mass is 9.90. The van der Waals surface area contributed by atoms with E-state index in [1.807, 2.05) is 0 Å². The molecule has 0 radical (unpaired) electrons. The van der Waals surface area contributed by atoms with Crippen LogP contribution in [0.15, 0.2) is 0 Å². The van der Waals surface area contributed by atoms with E-state index in [1.54, 1.807) is 0 Å². The molecule has 4 heteroatoms. The van der Waals surface area contributed by atoms with Gasteiger partial charge in [0.05, 0.1) is 7.11 Å². The third-order valence-electron chi connectivity index (χ3n) is 4.71. The minimum Gasteiger partial charge on any atom is -0.468 e. The van der Waals surface area contributed by atoms with Gasteiger partial charge in [0.15, 0.2) is 0 Å². The average molecular weight is 268 g/mol. The Hall–Kier alpha value is -0.610. The van der Waals surface area contributed by atoms with Crippen molar-refractivity contribution in [2.24, 2.45) is 5.92 Å². The molecule has 1 aliphatic carbocycles. The highest BCUT2D eigenvalue weighted by atomic mass is 16.5. The fraction of sp³-hybridized carbons (Fsp3) is 0.933. The van der Waals surface area contributed by atoms with Crippen molar-refractivity contribution in [1.82, 2.24) is 10.2 Å². The number of hydrogen-bond acceptors (Lipinski definition) is 4. The number of nitrogens with zero attached hydrogens (tertiary/aromatic N) is 1. The van der Waals surface area contributed by atoms with Crippen LogP contribution in [0, 0.1) is 5.92 Å². The number of piperidine rings is 1. The van der Waals surface area contributed by atoms with Crippen LogP contribution in [-0.2, 0) is 9.53 Å². The summed E-state index contributed by atoms with van der Waals surface area (Å²) in [6, 6.07) is 0.579. The summed E-state index contributed by atoms with van der Waals surface area (Å²) in [6.07, 6.45) is 6.09. The van der Waals surface area contributed by atoms with Crippen LogP contribution in [0.25, 0.3) is 0 Å². The molecule has 0 bridgehead atoms. The molecular formula is C15H28N2O2. The topological polar surface area (TPSA) is 41.6 Å². The third-order valence-corrected chi connectivity index (χ3v) is 4.71. The highest BCUT2D eigenvalue weighted by Gasteiger charge is 2.52. The van der Waals surface area contributed by atoms with Crippen molar-refractivity contribution in [2.45, 2.75) is 57.5 Å². The summed E-state index contributed by atoms with van der Waals surface area (Å²) >= 11 is 0. The van der Waals surface area contributed by atoms with Crippen LogP contribution in [0.3, 0.4) is 0 Å². The van der Waals surface area contributed by atoms with Crippen molar-refractivity contribution in [1.29, 1.82) is 0 Å². The molecule has 2 fully saturated rings. The lowest BCUT2D eigenvalue weighted by Gasteiger charge is -2.41. The maximum atomic E-state index is 12.4. The number of esters is 1. The summed E-state index contributed by atoms with van der Waals surface area (Å²) in [5.74, 6) is 0.378. The molecule has 2 aliphatic rings. The lowest BCUT2D eigenvalue weighted by molar-refractivity contribution is -0.151. The van der Waals surface area contributed by atoms with Gasteiger partial charge in [0.2, 0.25) is 0 Å². The number of hydrogen-bond donors (Lipinski definition) is 1. The molecule has 2 unspecified atom stereocenters. The van der Waals surface area contributed by atoms with Gasteiger partial charge < -0.3 is 10.1 Å². The quantitative estimate of drug-likeness (QED) is 0.746. The molecule has 1 heterocycles. The lowest BCUT2D eigenvalue weighted by Crippen LogP contribution is -2.62. The molecular weight excluding hydrogens is 240 g/mol. The van der Waals surface area contributed by atoms with Gasteiger partial charge in [-0.2, -0.15) is 0 Å². The van der Waals surface area contributed by atoms with Crippen LogP contribution in [0.1, 0.15) is 46.0 Å². The van der Waals surface area contributed by atoms with Crippen LogP contribution >= 0.6 is 0 Å². The molecule has 4 nitrogen and oxygen atoms in total. The Labute approximate surface area is 116 Å². The summed E-state index contributed by atoms with van der Waals surface area (Å²) in [6.45, 7) is 7.07. The van der Waals surface area contributed by atoms with Crippen molar-refractivity contribution in [3.05, 3.63) is 0 Å². The Bertz CT molecular complexity index is 317. The minimum absolute atomic E-state index is 0.0744. The molecule has 110 valence electrons. The van der Waals surface area contributed by atoms with Crippen LogP contribution < -0.4 is 5.32 Å². The van der Waals surface area contributed by atoms with Crippen molar-refractivity contribution in [3.8, 4) is 0 Å². The van der Waals surface area contributed by atoms with Gasteiger partial charge in [-0.05, 0) is 51.6 Å². The van der Waals surface area contributed by atoms with Crippen LogP contribution in [0.5, 0.6) is 0 Å². The van der Waals surface area contributed by atoms with Crippen molar-refractivity contribution in [2.75, 3.05) is 26.7 Å². The van der Waals surface area contributed by atoms with Crippen LogP contribution in [-0.4, -0.2) is 49.2 Å². The average Bonchev–Trinajstić information content (AvgIpc) is 3.24. The fourth-order valence-corrected chi connectivity index (χ4v) is 3.42. The van der Waals surface area contributed by atoms with Gasteiger partial charge in [-0.15, -0.1) is 0 Å².